The van der Waals surface area contributed by atoms with E-state index in [-0.39, 0.29) is 23.6 Å². The molecule has 144 valence electrons. The van der Waals surface area contributed by atoms with Gasteiger partial charge in [0.15, 0.2) is 0 Å². The van der Waals surface area contributed by atoms with Gasteiger partial charge in [0.05, 0.1) is 5.69 Å². The van der Waals surface area contributed by atoms with Crippen LogP contribution in [0.2, 0.25) is 0 Å². The third-order valence-corrected chi connectivity index (χ3v) is 4.79. The molecule has 0 saturated heterocycles. The second kappa shape index (κ2) is 7.69. The lowest BCUT2D eigenvalue weighted by atomic mass is 9.90. The van der Waals surface area contributed by atoms with Crippen molar-refractivity contribution in [1.29, 1.82) is 5.26 Å². The Balaban J connectivity index is 2.10. The summed E-state index contributed by atoms with van der Waals surface area (Å²) in [4.78, 5) is 30.0. The van der Waals surface area contributed by atoms with E-state index in [0.717, 1.165) is 16.8 Å². The average molecular weight is 377 g/mol. The number of anilines is 2. The number of nitrogens with one attached hydrogen (secondary N) is 1. The SMILES string of the molecule is CC(=O)Nc1ccc(-c2c(C#N)c(N)nc3c2CN(C(=O)C(C)C)CC3)cc1. The Morgan fingerprint density at radius 1 is 1.29 bits per heavy atom. The van der Waals surface area contributed by atoms with Crippen LogP contribution in [0.15, 0.2) is 24.3 Å². The molecule has 0 aliphatic carbocycles. The van der Waals surface area contributed by atoms with Gasteiger partial charge in [0, 0.05) is 49.2 Å². The third-order valence-electron chi connectivity index (χ3n) is 4.79. The number of nitrogen functional groups attached to an aromatic ring is 1. The molecule has 1 aliphatic heterocycles. The summed E-state index contributed by atoms with van der Waals surface area (Å²) in [6.45, 7) is 6.19. The average Bonchev–Trinajstić information content (AvgIpc) is 2.66. The van der Waals surface area contributed by atoms with Crippen molar-refractivity contribution in [3.8, 4) is 17.2 Å². The largest absolute Gasteiger partial charge is 0.383 e. The maximum absolute atomic E-state index is 12.5. The number of hydrogen-bond donors (Lipinski definition) is 2. The van der Waals surface area contributed by atoms with Gasteiger partial charge in [-0.15, -0.1) is 0 Å². The highest BCUT2D eigenvalue weighted by Crippen LogP contribution is 2.35. The van der Waals surface area contributed by atoms with Gasteiger partial charge >= 0.3 is 0 Å². The Hall–Kier alpha value is -3.40. The summed E-state index contributed by atoms with van der Waals surface area (Å²) < 4.78 is 0. The van der Waals surface area contributed by atoms with Crippen LogP contribution in [-0.4, -0.2) is 28.2 Å². The van der Waals surface area contributed by atoms with E-state index in [0.29, 0.717) is 36.3 Å². The first-order chi connectivity index (χ1) is 13.3. The van der Waals surface area contributed by atoms with E-state index >= 15 is 0 Å². The van der Waals surface area contributed by atoms with Gasteiger partial charge in [0.1, 0.15) is 17.5 Å². The summed E-state index contributed by atoms with van der Waals surface area (Å²) in [6, 6.07) is 9.40. The van der Waals surface area contributed by atoms with Crippen molar-refractivity contribution in [3.63, 3.8) is 0 Å². The molecule has 0 saturated carbocycles. The van der Waals surface area contributed by atoms with Crippen LogP contribution in [0.25, 0.3) is 11.1 Å². The molecular weight excluding hydrogens is 354 g/mol. The van der Waals surface area contributed by atoms with Crippen LogP contribution in [0.5, 0.6) is 0 Å². The van der Waals surface area contributed by atoms with E-state index < -0.39 is 0 Å². The van der Waals surface area contributed by atoms with Crippen molar-refractivity contribution in [2.24, 2.45) is 5.92 Å². The number of rotatable bonds is 3. The molecule has 1 aromatic carbocycles. The monoisotopic (exact) mass is 377 g/mol. The highest BCUT2D eigenvalue weighted by atomic mass is 16.2. The molecule has 0 atom stereocenters. The maximum Gasteiger partial charge on any atom is 0.225 e. The van der Waals surface area contributed by atoms with E-state index in [1.54, 1.807) is 17.0 Å². The first kappa shape index (κ1) is 19.4. The molecular formula is C21H23N5O2. The van der Waals surface area contributed by atoms with E-state index in [9.17, 15) is 14.9 Å². The number of carbonyl (C=O) groups is 2. The molecule has 7 nitrogen and oxygen atoms in total. The van der Waals surface area contributed by atoms with Gasteiger partial charge < -0.3 is 16.0 Å². The summed E-state index contributed by atoms with van der Waals surface area (Å²) in [7, 11) is 0. The number of carbonyl (C=O) groups excluding carboxylic acids is 2. The van der Waals surface area contributed by atoms with Crippen molar-refractivity contribution < 1.29 is 9.59 Å². The summed E-state index contributed by atoms with van der Waals surface area (Å²) in [5.41, 5.74) is 10.2. The number of nitriles is 1. The van der Waals surface area contributed by atoms with Crippen LogP contribution in [0.3, 0.4) is 0 Å². The van der Waals surface area contributed by atoms with Crippen molar-refractivity contribution >= 4 is 23.3 Å². The first-order valence-corrected chi connectivity index (χ1v) is 9.20. The molecule has 0 fully saturated rings. The van der Waals surface area contributed by atoms with Crippen LogP contribution in [0.4, 0.5) is 11.5 Å². The van der Waals surface area contributed by atoms with Gasteiger partial charge in [-0.3, -0.25) is 9.59 Å². The predicted octanol–water partition coefficient (Wildman–Crippen LogP) is 2.70. The fourth-order valence-electron chi connectivity index (χ4n) is 3.49. The van der Waals surface area contributed by atoms with Gasteiger partial charge in [-0.1, -0.05) is 26.0 Å². The second-order valence-corrected chi connectivity index (χ2v) is 7.21. The Labute approximate surface area is 164 Å². The van der Waals surface area contributed by atoms with Gasteiger partial charge in [-0.2, -0.15) is 5.26 Å². The summed E-state index contributed by atoms with van der Waals surface area (Å²) in [5, 5.41) is 12.4. The van der Waals surface area contributed by atoms with Gasteiger partial charge in [-0.05, 0) is 17.7 Å². The van der Waals surface area contributed by atoms with Crippen LogP contribution >= 0.6 is 0 Å². The summed E-state index contributed by atoms with van der Waals surface area (Å²) in [5.74, 6) is 0.0247. The number of fused-ring (bicyclic) bond motifs is 1. The highest BCUT2D eigenvalue weighted by Gasteiger charge is 2.28. The number of benzene rings is 1. The molecule has 28 heavy (non-hydrogen) atoms. The van der Waals surface area contributed by atoms with Crippen LogP contribution in [0, 0.1) is 17.2 Å². The molecule has 7 heteroatoms. The van der Waals surface area contributed by atoms with Gasteiger partial charge in [-0.25, -0.2) is 4.98 Å². The fourth-order valence-corrected chi connectivity index (χ4v) is 3.49. The quantitative estimate of drug-likeness (QED) is 0.854. The van der Waals surface area contributed by atoms with Crippen LogP contribution in [0.1, 0.15) is 37.6 Å². The molecule has 1 aromatic heterocycles. The molecule has 2 amide bonds. The molecule has 0 spiro atoms. The van der Waals surface area contributed by atoms with Crippen molar-refractivity contribution in [1.82, 2.24) is 9.88 Å². The van der Waals surface area contributed by atoms with Crippen molar-refractivity contribution in [3.05, 3.63) is 41.1 Å². The van der Waals surface area contributed by atoms with Crippen LogP contribution in [-0.2, 0) is 22.6 Å². The van der Waals surface area contributed by atoms with E-state index in [1.807, 2.05) is 26.0 Å². The van der Waals surface area contributed by atoms with Gasteiger partial charge in [0.2, 0.25) is 11.8 Å². The van der Waals surface area contributed by atoms with Crippen molar-refractivity contribution in [2.75, 3.05) is 17.6 Å². The standard InChI is InChI=1S/C21H23N5O2/c1-12(2)21(28)26-9-8-18-17(11-26)19(16(10-22)20(23)25-18)14-4-6-15(7-5-14)24-13(3)27/h4-7,12H,8-9,11H2,1-3H3,(H2,23,25)(H,24,27). The zero-order valence-corrected chi connectivity index (χ0v) is 16.2. The highest BCUT2D eigenvalue weighted by molar-refractivity contribution is 5.89. The minimum Gasteiger partial charge on any atom is -0.383 e. The topological polar surface area (TPSA) is 112 Å². The smallest absolute Gasteiger partial charge is 0.225 e. The predicted molar refractivity (Wildman–Crippen MR) is 107 cm³/mol. The molecule has 0 bridgehead atoms. The molecule has 0 radical (unpaired) electrons. The lowest BCUT2D eigenvalue weighted by Crippen LogP contribution is -2.39. The Kier molecular flexibility index (Phi) is 5.32. The van der Waals surface area contributed by atoms with Gasteiger partial charge in [0.25, 0.3) is 0 Å². The summed E-state index contributed by atoms with van der Waals surface area (Å²) in [6.07, 6.45) is 0.598. The zero-order valence-electron chi connectivity index (χ0n) is 16.2. The number of pyridine rings is 1. The van der Waals surface area contributed by atoms with Crippen molar-refractivity contribution in [2.45, 2.75) is 33.7 Å². The number of nitrogens with two attached hydrogens (primary N) is 1. The Morgan fingerprint density at radius 3 is 2.54 bits per heavy atom. The molecule has 2 heterocycles. The van der Waals surface area contributed by atoms with E-state index in [2.05, 4.69) is 16.4 Å². The number of hydrogen-bond acceptors (Lipinski definition) is 5. The minimum absolute atomic E-state index is 0.0768. The normalized spacial score (nSPS) is 13.0. The third kappa shape index (κ3) is 3.67. The lowest BCUT2D eigenvalue weighted by molar-refractivity contribution is -0.135. The summed E-state index contributed by atoms with van der Waals surface area (Å²) >= 11 is 0. The minimum atomic E-state index is -0.154. The van der Waals surface area contributed by atoms with E-state index in [1.165, 1.54) is 6.92 Å². The Morgan fingerprint density at radius 2 is 1.96 bits per heavy atom. The zero-order chi connectivity index (χ0) is 20.4. The number of aromatic nitrogens is 1. The Bertz CT molecular complexity index is 974. The maximum atomic E-state index is 12.5. The first-order valence-electron chi connectivity index (χ1n) is 9.20. The molecule has 1 aliphatic rings. The second-order valence-electron chi connectivity index (χ2n) is 7.21. The molecule has 3 N–H and O–H groups in total. The number of amides is 2. The van der Waals surface area contributed by atoms with E-state index in [4.69, 9.17) is 5.73 Å². The fraction of sp³-hybridized carbons (Fsp3) is 0.333. The molecule has 0 unspecified atom stereocenters. The molecule has 2 aromatic rings. The lowest BCUT2D eigenvalue weighted by Gasteiger charge is -2.31. The number of nitrogens with zero attached hydrogens (tertiary/aromatic N) is 3. The van der Waals surface area contributed by atoms with Crippen LogP contribution < -0.4 is 11.1 Å². The molecule has 3 rings (SSSR count).